The van der Waals surface area contributed by atoms with Crippen molar-refractivity contribution in [3.05, 3.63) is 47.2 Å². The van der Waals surface area contributed by atoms with Crippen molar-refractivity contribution in [1.82, 2.24) is 0 Å². The SMILES string of the molecule is C=C(CC/C(=C\C)CCCF)C1C=CC/C(=N\C(Cl)=C/C)S1. The minimum atomic E-state index is -0.245. The molecule has 0 fully saturated rings. The summed E-state index contributed by atoms with van der Waals surface area (Å²) in [5.74, 6) is 0. The Balaban J connectivity index is 2.54. The van der Waals surface area contributed by atoms with Gasteiger partial charge in [-0.1, -0.05) is 65.4 Å². The number of allylic oxidation sites excluding steroid dienone is 4. The fourth-order valence-corrected chi connectivity index (χ4v) is 3.44. The Hall–Kier alpha value is -0.800. The van der Waals surface area contributed by atoms with Crippen LogP contribution in [0.25, 0.3) is 0 Å². The van der Waals surface area contributed by atoms with E-state index in [9.17, 15) is 4.39 Å². The van der Waals surface area contributed by atoms with Crippen LogP contribution in [0.1, 0.15) is 46.0 Å². The van der Waals surface area contributed by atoms with Crippen LogP contribution in [-0.2, 0) is 0 Å². The molecule has 1 nitrogen and oxygen atoms in total. The van der Waals surface area contributed by atoms with E-state index < -0.39 is 0 Å². The lowest BCUT2D eigenvalue weighted by Crippen LogP contribution is -2.11. The number of nitrogens with zero attached hydrogens (tertiary/aromatic N) is 1. The number of thioether (sulfide) groups is 1. The number of halogens is 2. The van der Waals surface area contributed by atoms with E-state index in [0.717, 1.165) is 30.7 Å². The number of hydrogen-bond acceptors (Lipinski definition) is 2. The summed E-state index contributed by atoms with van der Waals surface area (Å²) in [7, 11) is 0. The molecule has 1 rings (SSSR count). The van der Waals surface area contributed by atoms with Gasteiger partial charge in [-0.3, -0.25) is 4.39 Å². The maximum absolute atomic E-state index is 12.3. The highest BCUT2D eigenvalue weighted by Gasteiger charge is 2.17. The van der Waals surface area contributed by atoms with Gasteiger partial charge in [0.05, 0.1) is 11.7 Å². The van der Waals surface area contributed by atoms with Crippen molar-refractivity contribution in [1.29, 1.82) is 0 Å². The van der Waals surface area contributed by atoms with E-state index in [4.69, 9.17) is 11.6 Å². The monoisotopic (exact) mass is 341 g/mol. The van der Waals surface area contributed by atoms with Crippen LogP contribution in [0.4, 0.5) is 4.39 Å². The van der Waals surface area contributed by atoms with Crippen molar-refractivity contribution < 1.29 is 4.39 Å². The molecular weight excluding hydrogens is 317 g/mol. The van der Waals surface area contributed by atoms with E-state index in [-0.39, 0.29) is 11.9 Å². The summed E-state index contributed by atoms with van der Waals surface area (Å²) in [5.41, 5.74) is 2.50. The van der Waals surface area contributed by atoms with Gasteiger partial charge in [-0.05, 0) is 39.5 Å². The first-order valence-electron chi connectivity index (χ1n) is 7.71. The van der Waals surface area contributed by atoms with Crippen LogP contribution in [0, 0.1) is 0 Å². The molecule has 1 aliphatic rings. The van der Waals surface area contributed by atoms with Crippen molar-refractivity contribution >= 4 is 28.4 Å². The standard InChI is InChI=1S/C18H25ClFNS/c1-4-15(8-7-13-20)12-11-14(3)16-9-6-10-18(22-16)21-17(19)5-2/h4-6,9,16H,3,7-8,10-13H2,1-2H3/b15-4-,17-5-,21-18+. The van der Waals surface area contributed by atoms with E-state index in [0.29, 0.717) is 11.6 Å². The van der Waals surface area contributed by atoms with E-state index in [1.54, 1.807) is 17.8 Å². The zero-order valence-electron chi connectivity index (χ0n) is 13.4. The second kappa shape index (κ2) is 10.8. The highest BCUT2D eigenvalue weighted by atomic mass is 35.5. The molecule has 0 bridgehead atoms. The van der Waals surface area contributed by atoms with E-state index in [1.165, 1.54) is 11.1 Å². The van der Waals surface area contributed by atoms with Gasteiger partial charge in [0.25, 0.3) is 0 Å². The average molecular weight is 342 g/mol. The van der Waals surface area contributed by atoms with Gasteiger partial charge in [0, 0.05) is 11.7 Å². The van der Waals surface area contributed by atoms with Gasteiger partial charge in [-0.15, -0.1) is 0 Å². The van der Waals surface area contributed by atoms with Crippen molar-refractivity contribution in [3.8, 4) is 0 Å². The molecule has 4 heteroatoms. The lowest BCUT2D eigenvalue weighted by Gasteiger charge is -2.20. The smallest absolute Gasteiger partial charge is 0.125 e. The topological polar surface area (TPSA) is 12.4 Å². The molecule has 0 radical (unpaired) electrons. The van der Waals surface area contributed by atoms with Gasteiger partial charge < -0.3 is 0 Å². The predicted molar refractivity (Wildman–Crippen MR) is 99.5 cm³/mol. The van der Waals surface area contributed by atoms with Crippen LogP contribution in [0.2, 0.25) is 0 Å². The summed E-state index contributed by atoms with van der Waals surface area (Å²) in [4.78, 5) is 4.40. The number of aliphatic imine (C=N–C) groups is 1. The summed E-state index contributed by atoms with van der Waals surface area (Å²) in [6.07, 6.45) is 12.4. The summed E-state index contributed by atoms with van der Waals surface area (Å²) in [6, 6.07) is 0. The fourth-order valence-electron chi connectivity index (χ4n) is 2.17. The van der Waals surface area contributed by atoms with Gasteiger partial charge in [0.15, 0.2) is 0 Å². The van der Waals surface area contributed by atoms with Crippen molar-refractivity contribution in [2.45, 2.75) is 51.2 Å². The Morgan fingerprint density at radius 3 is 2.82 bits per heavy atom. The largest absolute Gasteiger partial charge is 0.251 e. The first kappa shape index (κ1) is 19.2. The molecule has 0 aromatic carbocycles. The first-order valence-corrected chi connectivity index (χ1v) is 8.96. The molecule has 0 amide bonds. The Bertz CT molecular complexity index is 491. The number of hydrogen-bond donors (Lipinski definition) is 0. The molecule has 0 saturated carbocycles. The van der Waals surface area contributed by atoms with E-state index >= 15 is 0 Å². The Morgan fingerprint density at radius 2 is 2.18 bits per heavy atom. The average Bonchev–Trinajstić information content (AvgIpc) is 2.54. The van der Waals surface area contributed by atoms with Gasteiger partial charge in [0.2, 0.25) is 0 Å². The van der Waals surface area contributed by atoms with Gasteiger partial charge >= 0.3 is 0 Å². The first-order chi connectivity index (χ1) is 10.6. The van der Waals surface area contributed by atoms with Crippen LogP contribution in [0.5, 0.6) is 0 Å². The van der Waals surface area contributed by atoms with Crippen LogP contribution in [0.3, 0.4) is 0 Å². The van der Waals surface area contributed by atoms with Gasteiger partial charge in [-0.25, -0.2) is 4.99 Å². The molecule has 0 aromatic rings. The molecule has 0 saturated heterocycles. The molecule has 0 N–H and O–H groups in total. The third kappa shape index (κ3) is 6.97. The molecule has 0 aromatic heterocycles. The predicted octanol–water partition coefficient (Wildman–Crippen LogP) is 6.58. The summed E-state index contributed by atoms with van der Waals surface area (Å²) >= 11 is 7.69. The quantitative estimate of drug-likeness (QED) is 0.359. The molecular formula is C18H25ClFNS. The summed E-state index contributed by atoms with van der Waals surface area (Å²) < 4.78 is 12.3. The normalized spacial score (nSPS) is 21.5. The number of rotatable bonds is 8. The molecule has 122 valence electrons. The van der Waals surface area contributed by atoms with E-state index in [1.807, 2.05) is 13.8 Å². The van der Waals surface area contributed by atoms with Crippen molar-refractivity contribution in [2.75, 3.05) is 6.67 Å². The van der Waals surface area contributed by atoms with Crippen LogP contribution >= 0.6 is 23.4 Å². The van der Waals surface area contributed by atoms with Gasteiger partial charge in [-0.2, -0.15) is 0 Å². The zero-order valence-corrected chi connectivity index (χ0v) is 15.0. The Kier molecular flexibility index (Phi) is 9.49. The minimum absolute atomic E-state index is 0.245. The molecule has 0 spiro atoms. The van der Waals surface area contributed by atoms with Crippen LogP contribution in [-0.4, -0.2) is 17.0 Å². The fraction of sp³-hybridized carbons (Fsp3) is 0.500. The Labute approximate surface area is 143 Å². The number of alkyl halides is 1. The molecule has 1 aliphatic heterocycles. The van der Waals surface area contributed by atoms with Crippen molar-refractivity contribution in [3.63, 3.8) is 0 Å². The minimum Gasteiger partial charge on any atom is -0.251 e. The van der Waals surface area contributed by atoms with Crippen LogP contribution in [0.15, 0.2) is 52.2 Å². The molecule has 1 unspecified atom stereocenters. The maximum atomic E-state index is 12.3. The lowest BCUT2D eigenvalue weighted by atomic mass is 10.00. The summed E-state index contributed by atoms with van der Waals surface area (Å²) in [5, 5.41) is 1.82. The zero-order chi connectivity index (χ0) is 16.4. The molecule has 1 atom stereocenters. The molecule has 1 heterocycles. The second-order valence-electron chi connectivity index (χ2n) is 5.19. The summed E-state index contributed by atoms with van der Waals surface area (Å²) in [6.45, 7) is 7.88. The van der Waals surface area contributed by atoms with Crippen LogP contribution < -0.4 is 0 Å². The maximum Gasteiger partial charge on any atom is 0.125 e. The highest BCUT2D eigenvalue weighted by molar-refractivity contribution is 8.14. The third-order valence-corrected chi connectivity index (χ3v) is 5.12. The van der Waals surface area contributed by atoms with E-state index in [2.05, 4.69) is 29.8 Å². The highest BCUT2D eigenvalue weighted by Crippen LogP contribution is 2.31. The second-order valence-corrected chi connectivity index (χ2v) is 6.79. The van der Waals surface area contributed by atoms with Gasteiger partial charge in [0.1, 0.15) is 5.16 Å². The molecule has 22 heavy (non-hydrogen) atoms. The Morgan fingerprint density at radius 1 is 1.41 bits per heavy atom. The van der Waals surface area contributed by atoms with Crippen molar-refractivity contribution in [2.24, 2.45) is 4.99 Å². The lowest BCUT2D eigenvalue weighted by molar-refractivity contribution is 0.470. The molecule has 0 aliphatic carbocycles. The third-order valence-electron chi connectivity index (χ3n) is 3.55.